The van der Waals surface area contributed by atoms with E-state index in [-0.39, 0.29) is 0 Å². The van der Waals surface area contributed by atoms with Crippen molar-refractivity contribution in [3.05, 3.63) is 76.6 Å². The van der Waals surface area contributed by atoms with E-state index in [4.69, 9.17) is 9.47 Å². The van der Waals surface area contributed by atoms with Gasteiger partial charge in [0.2, 0.25) is 0 Å². The van der Waals surface area contributed by atoms with Gasteiger partial charge in [0, 0.05) is 11.9 Å². The van der Waals surface area contributed by atoms with Gasteiger partial charge in [0.25, 0.3) is 0 Å². The predicted octanol–water partition coefficient (Wildman–Crippen LogP) is 7.20. The Labute approximate surface area is 219 Å². The molecule has 4 heteroatoms. The van der Waals surface area contributed by atoms with Crippen LogP contribution in [0.15, 0.2) is 48.7 Å². The van der Waals surface area contributed by atoms with Gasteiger partial charge < -0.3 is 9.47 Å². The highest BCUT2D eigenvalue weighted by Gasteiger charge is 2.38. The first kappa shape index (κ1) is 26.7. The summed E-state index contributed by atoms with van der Waals surface area (Å²) in [4.78, 5) is 4.58. The first-order chi connectivity index (χ1) is 17.3. The van der Waals surface area contributed by atoms with Gasteiger partial charge in [0.15, 0.2) is 0 Å². The average molecular weight is 504 g/mol. The minimum Gasteiger partial charge on any atom is -0.496 e. The van der Waals surface area contributed by atoms with Crippen molar-refractivity contribution >= 4 is 18.5 Å². The van der Waals surface area contributed by atoms with Crippen molar-refractivity contribution in [2.24, 2.45) is 11.8 Å². The maximum Gasteiger partial charge on any atom is 0.124 e. The van der Waals surface area contributed by atoms with Gasteiger partial charge in [-0.25, -0.2) is 0 Å². The molecule has 3 aromatic rings. The van der Waals surface area contributed by atoms with Crippen molar-refractivity contribution < 1.29 is 9.47 Å². The topological polar surface area (TPSA) is 31.4 Å². The second-order valence-corrected chi connectivity index (χ2v) is 13.0. The molecule has 1 aromatic heterocycles. The van der Waals surface area contributed by atoms with Crippen molar-refractivity contribution in [1.82, 2.24) is 4.98 Å². The third-order valence-corrected chi connectivity index (χ3v) is 11.0. The molecule has 0 N–H and O–H groups in total. The molecule has 1 saturated carbocycles. The van der Waals surface area contributed by atoms with E-state index in [1.807, 2.05) is 12.3 Å². The van der Waals surface area contributed by atoms with Crippen LogP contribution in [0.5, 0.6) is 11.5 Å². The molecule has 1 aliphatic rings. The lowest BCUT2D eigenvalue weighted by Gasteiger charge is -2.34. The molecule has 2 aromatic carbocycles. The zero-order valence-corrected chi connectivity index (χ0v) is 24.0. The summed E-state index contributed by atoms with van der Waals surface area (Å²) in [5, 5.41) is 2.97. The first-order valence-corrected chi connectivity index (χ1v) is 14.7. The summed E-state index contributed by atoms with van der Waals surface area (Å²) < 4.78 is 11.5. The van der Waals surface area contributed by atoms with Crippen molar-refractivity contribution in [1.29, 1.82) is 0 Å². The summed E-state index contributed by atoms with van der Waals surface area (Å²) in [7, 11) is 3.05. The molecule has 1 aliphatic carbocycles. The number of aromatic nitrogens is 1. The predicted molar refractivity (Wildman–Crippen MR) is 154 cm³/mol. The summed E-state index contributed by atoms with van der Waals surface area (Å²) in [5.74, 6) is 3.43. The van der Waals surface area contributed by atoms with Crippen LogP contribution < -0.4 is 20.1 Å². The Morgan fingerprint density at radius 2 is 1.42 bits per heavy atom. The Balaban J connectivity index is 1.72. The van der Waals surface area contributed by atoms with Gasteiger partial charge >= 0.3 is 0 Å². The summed E-state index contributed by atoms with van der Waals surface area (Å²) in [6.07, 6.45) is 8.13. The number of nitrogens with zero attached hydrogens (tertiary/aromatic N) is 1. The van der Waals surface area contributed by atoms with Gasteiger partial charge in [-0.05, 0) is 148 Å². The third kappa shape index (κ3) is 5.62. The average Bonchev–Trinajstić information content (AvgIpc) is 3.32. The van der Waals surface area contributed by atoms with Crippen LogP contribution in [0.25, 0.3) is 0 Å². The van der Waals surface area contributed by atoms with E-state index in [0.29, 0.717) is 11.6 Å². The minimum atomic E-state index is -0.515. The summed E-state index contributed by atoms with van der Waals surface area (Å²) in [6.45, 7) is 11.2. The highest BCUT2D eigenvalue weighted by atomic mass is 31.1. The van der Waals surface area contributed by atoms with Crippen molar-refractivity contribution in [2.75, 3.05) is 14.2 Å². The fourth-order valence-electron chi connectivity index (χ4n) is 6.40. The molecule has 0 radical (unpaired) electrons. The SMILES string of the molecule is COc1c(C)cc(P(c2cc(C)c(OC)c(C)c2)C2CCCC2[C@@H](C)CCc2ccccn2)cc1C. The van der Waals surface area contributed by atoms with Gasteiger partial charge in [0.1, 0.15) is 11.5 Å². The highest BCUT2D eigenvalue weighted by molar-refractivity contribution is 7.73. The number of aryl methyl sites for hydroxylation is 5. The molecule has 4 rings (SSSR count). The summed E-state index contributed by atoms with van der Waals surface area (Å²) in [6, 6.07) is 15.9. The lowest BCUT2D eigenvalue weighted by Crippen LogP contribution is -2.29. The van der Waals surface area contributed by atoms with E-state index >= 15 is 0 Å². The molecule has 0 amide bonds. The second-order valence-electron chi connectivity index (χ2n) is 10.6. The van der Waals surface area contributed by atoms with Gasteiger partial charge in [-0.1, -0.05) is 19.4 Å². The normalized spacial score (nSPS) is 18.4. The second kappa shape index (κ2) is 11.8. The number of hydrogen-bond donors (Lipinski definition) is 0. The van der Waals surface area contributed by atoms with Gasteiger partial charge in [-0.15, -0.1) is 0 Å². The molecule has 1 fully saturated rings. The smallest absolute Gasteiger partial charge is 0.124 e. The van der Waals surface area contributed by atoms with Crippen LogP contribution in [0.3, 0.4) is 0 Å². The van der Waals surface area contributed by atoms with Gasteiger partial charge in [-0.3, -0.25) is 4.98 Å². The summed E-state index contributed by atoms with van der Waals surface area (Å²) >= 11 is 0. The van der Waals surface area contributed by atoms with E-state index in [9.17, 15) is 0 Å². The molecule has 0 spiro atoms. The first-order valence-electron chi connectivity index (χ1n) is 13.3. The number of benzene rings is 2. The molecule has 36 heavy (non-hydrogen) atoms. The fourth-order valence-corrected chi connectivity index (χ4v) is 10.1. The number of hydrogen-bond acceptors (Lipinski definition) is 3. The van der Waals surface area contributed by atoms with E-state index < -0.39 is 7.92 Å². The van der Waals surface area contributed by atoms with Crippen LogP contribution in [0, 0.1) is 39.5 Å². The van der Waals surface area contributed by atoms with Crippen LogP contribution >= 0.6 is 7.92 Å². The van der Waals surface area contributed by atoms with Crippen LogP contribution in [-0.2, 0) is 6.42 Å². The van der Waals surface area contributed by atoms with Crippen molar-refractivity contribution in [3.63, 3.8) is 0 Å². The quantitative estimate of drug-likeness (QED) is 0.289. The number of ether oxygens (including phenoxy) is 2. The lowest BCUT2D eigenvalue weighted by atomic mass is 9.88. The standard InChI is InChI=1S/C32H42NO2P/c1-21(14-15-26-11-8-9-16-33-26)29-12-10-13-30(29)36(27-17-22(2)31(34-6)23(3)18-27)28-19-24(4)32(35-7)25(5)20-28/h8-9,11,16-21,29-30H,10,12-15H2,1-7H3/t21-,29?,30?/m0/s1. The molecular formula is C32H42NO2P. The van der Waals surface area contributed by atoms with E-state index in [2.05, 4.69) is 76.0 Å². The zero-order valence-electron chi connectivity index (χ0n) is 23.1. The monoisotopic (exact) mass is 503 g/mol. The van der Waals surface area contributed by atoms with Crippen LogP contribution in [0.1, 0.15) is 60.6 Å². The van der Waals surface area contributed by atoms with E-state index in [1.165, 1.54) is 64.2 Å². The molecule has 3 atom stereocenters. The molecule has 3 nitrogen and oxygen atoms in total. The lowest BCUT2D eigenvalue weighted by molar-refractivity contribution is 0.350. The maximum atomic E-state index is 5.73. The molecule has 0 aliphatic heterocycles. The van der Waals surface area contributed by atoms with E-state index in [1.54, 1.807) is 14.2 Å². The van der Waals surface area contributed by atoms with Crippen LogP contribution in [0.2, 0.25) is 0 Å². The molecular weight excluding hydrogens is 461 g/mol. The van der Waals surface area contributed by atoms with Gasteiger partial charge in [0.05, 0.1) is 14.2 Å². The Bertz CT molecular complexity index is 1070. The minimum absolute atomic E-state index is 0.515. The van der Waals surface area contributed by atoms with Crippen LogP contribution in [0.4, 0.5) is 0 Å². The number of methoxy groups -OCH3 is 2. The third-order valence-electron chi connectivity index (χ3n) is 8.03. The van der Waals surface area contributed by atoms with Crippen molar-refractivity contribution in [2.45, 2.75) is 72.4 Å². The van der Waals surface area contributed by atoms with Crippen molar-refractivity contribution in [3.8, 4) is 11.5 Å². The molecule has 0 bridgehead atoms. The Morgan fingerprint density at radius 3 is 1.89 bits per heavy atom. The van der Waals surface area contributed by atoms with Gasteiger partial charge in [-0.2, -0.15) is 0 Å². The van der Waals surface area contributed by atoms with Crippen LogP contribution in [-0.4, -0.2) is 24.9 Å². The molecule has 0 saturated heterocycles. The Kier molecular flexibility index (Phi) is 8.73. The molecule has 2 unspecified atom stereocenters. The fraction of sp³-hybridized carbons (Fsp3) is 0.469. The Morgan fingerprint density at radius 1 is 0.861 bits per heavy atom. The molecule has 1 heterocycles. The molecule has 192 valence electrons. The zero-order chi connectivity index (χ0) is 25.8. The highest BCUT2D eigenvalue weighted by Crippen LogP contribution is 2.53. The number of pyridine rings is 1. The largest absolute Gasteiger partial charge is 0.496 e. The maximum absolute atomic E-state index is 5.73. The Hall–Kier alpha value is -2.38. The van der Waals surface area contributed by atoms with E-state index in [0.717, 1.165) is 23.8 Å². The summed E-state index contributed by atoms with van der Waals surface area (Å²) in [5.41, 5.74) is 6.83. The number of rotatable bonds is 9.